The van der Waals surface area contributed by atoms with Crippen molar-refractivity contribution in [1.82, 2.24) is 0 Å². The Balaban J connectivity index is 2.80. The molecule has 0 N–H and O–H groups in total. The Hall–Kier alpha value is -0.630. The van der Waals surface area contributed by atoms with Crippen LogP contribution in [0.2, 0.25) is 0 Å². The van der Waals surface area contributed by atoms with E-state index < -0.39 is 0 Å². The summed E-state index contributed by atoms with van der Waals surface area (Å²) in [5, 5.41) is 0. The van der Waals surface area contributed by atoms with Crippen LogP contribution in [0.1, 0.15) is 35.7 Å². The molecule has 70 valence electrons. The molecule has 1 aromatic carbocycles. The van der Waals surface area contributed by atoms with E-state index in [0.717, 1.165) is 22.7 Å². The molecule has 1 nitrogen and oxygen atoms in total. The van der Waals surface area contributed by atoms with Gasteiger partial charge in [-0.2, -0.15) is 0 Å². The molecule has 0 saturated heterocycles. The van der Waals surface area contributed by atoms with Gasteiger partial charge in [0.1, 0.15) is 0 Å². The van der Waals surface area contributed by atoms with Crippen LogP contribution in [0.5, 0.6) is 0 Å². The number of aldehydes is 1. The van der Waals surface area contributed by atoms with Gasteiger partial charge >= 0.3 is 0 Å². The first-order valence-corrected chi connectivity index (χ1v) is 5.31. The van der Waals surface area contributed by atoms with E-state index in [2.05, 4.69) is 28.9 Å². The molecule has 0 aromatic heterocycles. The maximum atomic E-state index is 10.6. The lowest BCUT2D eigenvalue weighted by molar-refractivity contribution is 0.112. The number of halogens is 1. The van der Waals surface area contributed by atoms with Gasteiger partial charge in [-0.05, 0) is 30.5 Å². The molecule has 0 unspecified atom stereocenters. The van der Waals surface area contributed by atoms with Gasteiger partial charge in [-0.1, -0.05) is 35.3 Å². The van der Waals surface area contributed by atoms with Crippen LogP contribution < -0.4 is 0 Å². The largest absolute Gasteiger partial charge is 0.298 e. The second kappa shape index (κ2) is 5.18. The molecule has 0 spiro atoms. The molecule has 0 heterocycles. The average Bonchev–Trinajstić information content (AvgIpc) is 2.16. The van der Waals surface area contributed by atoms with Crippen LogP contribution in [0.3, 0.4) is 0 Å². The summed E-state index contributed by atoms with van der Waals surface area (Å²) in [6, 6.07) is 5.95. The number of carbonyl (C=O) groups is 1. The van der Waals surface area contributed by atoms with Crippen molar-refractivity contribution in [3.63, 3.8) is 0 Å². The summed E-state index contributed by atoms with van der Waals surface area (Å²) in [6.07, 6.45) is 4.32. The van der Waals surface area contributed by atoms with Gasteiger partial charge in [0.2, 0.25) is 0 Å². The van der Waals surface area contributed by atoms with Crippen LogP contribution in [0, 0.1) is 0 Å². The zero-order chi connectivity index (χ0) is 9.68. The first-order valence-electron chi connectivity index (χ1n) is 4.51. The highest BCUT2D eigenvalue weighted by Crippen LogP contribution is 2.17. The first-order chi connectivity index (χ1) is 6.27. The van der Waals surface area contributed by atoms with Crippen molar-refractivity contribution in [2.45, 2.75) is 26.2 Å². The fourth-order valence-electron chi connectivity index (χ4n) is 1.22. The SMILES string of the molecule is CCCCc1ccc(Br)c(C=O)c1. The maximum absolute atomic E-state index is 10.6. The zero-order valence-electron chi connectivity index (χ0n) is 7.72. The number of rotatable bonds is 4. The molecule has 0 bridgehead atoms. The molecule has 0 atom stereocenters. The lowest BCUT2D eigenvalue weighted by Gasteiger charge is -2.02. The van der Waals surface area contributed by atoms with Gasteiger partial charge in [0.05, 0.1) is 0 Å². The Morgan fingerprint density at radius 3 is 2.85 bits per heavy atom. The lowest BCUT2D eigenvalue weighted by Crippen LogP contribution is -1.88. The molecular weight excluding hydrogens is 228 g/mol. The molecule has 13 heavy (non-hydrogen) atoms. The van der Waals surface area contributed by atoms with Crippen molar-refractivity contribution < 1.29 is 4.79 Å². The predicted molar refractivity (Wildman–Crippen MR) is 58.1 cm³/mol. The highest BCUT2D eigenvalue weighted by molar-refractivity contribution is 9.10. The third kappa shape index (κ3) is 2.96. The molecule has 1 aromatic rings. The molecular formula is C11H13BrO. The summed E-state index contributed by atoms with van der Waals surface area (Å²) in [5.74, 6) is 0. The molecule has 0 aliphatic rings. The first kappa shape index (κ1) is 10.5. The number of hydrogen-bond donors (Lipinski definition) is 0. The highest BCUT2D eigenvalue weighted by atomic mass is 79.9. The van der Waals surface area contributed by atoms with E-state index in [-0.39, 0.29) is 0 Å². The zero-order valence-corrected chi connectivity index (χ0v) is 9.30. The maximum Gasteiger partial charge on any atom is 0.151 e. The Morgan fingerprint density at radius 2 is 2.23 bits per heavy atom. The van der Waals surface area contributed by atoms with Crippen molar-refractivity contribution in [3.05, 3.63) is 33.8 Å². The van der Waals surface area contributed by atoms with Crippen molar-refractivity contribution in [1.29, 1.82) is 0 Å². The third-order valence-electron chi connectivity index (χ3n) is 2.01. The lowest BCUT2D eigenvalue weighted by atomic mass is 10.1. The number of carbonyl (C=O) groups excluding carboxylic acids is 1. The van der Waals surface area contributed by atoms with Gasteiger partial charge < -0.3 is 0 Å². The topological polar surface area (TPSA) is 17.1 Å². The van der Waals surface area contributed by atoms with Crippen LogP contribution in [0.15, 0.2) is 22.7 Å². The van der Waals surface area contributed by atoms with E-state index in [0.29, 0.717) is 0 Å². The van der Waals surface area contributed by atoms with E-state index in [4.69, 9.17) is 0 Å². The minimum absolute atomic E-state index is 0.744. The Labute approximate surface area is 87.3 Å². The molecule has 0 amide bonds. The smallest absolute Gasteiger partial charge is 0.151 e. The van der Waals surface area contributed by atoms with Gasteiger partial charge in [0.15, 0.2) is 6.29 Å². The summed E-state index contributed by atoms with van der Waals surface area (Å²) in [4.78, 5) is 10.6. The van der Waals surface area contributed by atoms with Crippen LogP contribution in [-0.4, -0.2) is 6.29 Å². The standard InChI is InChI=1S/C11H13BrO/c1-2-3-4-9-5-6-11(12)10(7-9)8-13/h5-8H,2-4H2,1H3. The van der Waals surface area contributed by atoms with Crippen molar-refractivity contribution >= 4 is 22.2 Å². The monoisotopic (exact) mass is 240 g/mol. The highest BCUT2D eigenvalue weighted by Gasteiger charge is 1.99. The average molecular weight is 241 g/mol. The van der Waals surface area contributed by atoms with E-state index in [1.807, 2.05) is 12.1 Å². The van der Waals surface area contributed by atoms with Gasteiger partial charge in [-0.25, -0.2) is 0 Å². The van der Waals surface area contributed by atoms with Crippen LogP contribution in [-0.2, 0) is 6.42 Å². The quantitative estimate of drug-likeness (QED) is 0.736. The molecule has 1 rings (SSSR count). The van der Waals surface area contributed by atoms with E-state index >= 15 is 0 Å². The number of aryl methyl sites for hydroxylation is 1. The predicted octanol–water partition coefficient (Wildman–Crippen LogP) is 3.60. The van der Waals surface area contributed by atoms with Gasteiger partial charge in [-0.15, -0.1) is 0 Å². The summed E-state index contributed by atoms with van der Waals surface area (Å²) in [7, 11) is 0. The molecule has 0 radical (unpaired) electrons. The molecule has 0 fully saturated rings. The van der Waals surface area contributed by atoms with Gasteiger partial charge in [0.25, 0.3) is 0 Å². The van der Waals surface area contributed by atoms with Crippen molar-refractivity contribution in [3.8, 4) is 0 Å². The van der Waals surface area contributed by atoms with E-state index in [9.17, 15) is 4.79 Å². The van der Waals surface area contributed by atoms with Crippen molar-refractivity contribution in [2.24, 2.45) is 0 Å². The summed E-state index contributed by atoms with van der Waals surface area (Å²) < 4.78 is 0.878. The minimum atomic E-state index is 0.744. The molecule has 0 saturated carbocycles. The normalized spacial score (nSPS) is 10.0. The third-order valence-corrected chi connectivity index (χ3v) is 2.73. The molecule has 0 aliphatic carbocycles. The summed E-state index contributed by atoms with van der Waals surface area (Å²) in [6.45, 7) is 2.17. The summed E-state index contributed by atoms with van der Waals surface area (Å²) >= 11 is 3.33. The fraction of sp³-hybridized carbons (Fsp3) is 0.364. The number of unbranched alkanes of at least 4 members (excludes halogenated alkanes) is 1. The van der Waals surface area contributed by atoms with E-state index in [1.165, 1.54) is 18.4 Å². The van der Waals surface area contributed by atoms with E-state index in [1.54, 1.807) is 0 Å². The Morgan fingerprint density at radius 1 is 1.46 bits per heavy atom. The second-order valence-electron chi connectivity index (χ2n) is 3.08. The minimum Gasteiger partial charge on any atom is -0.298 e. The van der Waals surface area contributed by atoms with Crippen molar-refractivity contribution in [2.75, 3.05) is 0 Å². The number of hydrogen-bond acceptors (Lipinski definition) is 1. The van der Waals surface area contributed by atoms with Gasteiger partial charge in [-0.3, -0.25) is 4.79 Å². The number of benzene rings is 1. The Bertz CT molecular complexity index is 294. The molecule has 2 heteroatoms. The fourth-order valence-corrected chi connectivity index (χ4v) is 1.56. The summed E-state index contributed by atoms with van der Waals surface area (Å²) in [5.41, 5.74) is 1.99. The van der Waals surface area contributed by atoms with Crippen LogP contribution in [0.4, 0.5) is 0 Å². The van der Waals surface area contributed by atoms with Crippen LogP contribution in [0.25, 0.3) is 0 Å². The second-order valence-corrected chi connectivity index (χ2v) is 3.93. The molecule has 0 aliphatic heterocycles. The van der Waals surface area contributed by atoms with Crippen LogP contribution >= 0.6 is 15.9 Å². The Kier molecular flexibility index (Phi) is 4.16. The van der Waals surface area contributed by atoms with Gasteiger partial charge in [0, 0.05) is 10.0 Å².